The number of carbonyl (C=O) groups is 1. The zero-order chi connectivity index (χ0) is 10.7. The molecule has 0 aliphatic carbocycles. The SMILES string of the molecule is CCOC(=O)c1cc(Br)c(O)cc1O. The Hall–Kier alpha value is -1.23. The van der Waals surface area contributed by atoms with E-state index in [9.17, 15) is 15.0 Å². The van der Waals surface area contributed by atoms with Gasteiger partial charge in [0.1, 0.15) is 17.1 Å². The fraction of sp³-hybridized carbons (Fsp3) is 0.222. The number of rotatable bonds is 2. The van der Waals surface area contributed by atoms with Crippen LogP contribution in [0, 0.1) is 0 Å². The van der Waals surface area contributed by atoms with E-state index in [0.29, 0.717) is 4.47 Å². The van der Waals surface area contributed by atoms with Crippen LogP contribution in [0.15, 0.2) is 16.6 Å². The van der Waals surface area contributed by atoms with Crippen molar-refractivity contribution in [1.82, 2.24) is 0 Å². The summed E-state index contributed by atoms with van der Waals surface area (Å²) in [5, 5.41) is 18.5. The summed E-state index contributed by atoms with van der Waals surface area (Å²) in [5.41, 5.74) is 0.0246. The van der Waals surface area contributed by atoms with Gasteiger partial charge in [-0.15, -0.1) is 0 Å². The van der Waals surface area contributed by atoms with Crippen molar-refractivity contribution < 1.29 is 19.7 Å². The van der Waals surface area contributed by atoms with Gasteiger partial charge in [-0.25, -0.2) is 4.79 Å². The molecule has 0 aliphatic rings. The van der Waals surface area contributed by atoms with Crippen LogP contribution < -0.4 is 0 Å². The number of aromatic hydroxyl groups is 2. The lowest BCUT2D eigenvalue weighted by atomic mass is 10.2. The quantitative estimate of drug-likeness (QED) is 0.799. The Labute approximate surface area is 89.3 Å². The Kier molecular flexibility index (Phi) is 3.35. The van der Waals surface area contributed by atoms with Crippen molar-refractivity contribution in [2.45, 2.75) is 6.92 Å². The first-order valence-electron chi connectivity index (χ1n) is 3.94. The van der Waals surface area contributed by atoms with Gasteiger partial charge in [-0.2, -0.15) is 0 Å². The van der Waals surface area contributed by atoms with Gasteiger partial charge in [-0.1, -0.05) is 0 Å². The minimum Gasteiger partial charge on any atom is -0.507 e. The van der Waals surface area contributed by atoms with Crippen molar-refractivity contribution in [3.8, 4) is 11.5 Å². The highest BCUT2D eigenvalue weighted by Gasteiger charge is 2.14. The molecule has 0 saturated heterocycles. The average Bonchev–Trinajstić information content (AvgIpc) is 2.11. The number of esters is 1. The largest absolute Gasteiger partial charge is 0.507 e. The Bertz CT molecular complexity index is 362. The lowest BCUT2D eigenvalue weighted by molar-refractivity contribution is 0.0523. The number of halogens is 1. The summed E-state index contributed by atoms with van der Waals surface area (Å²) in [4.78, 5) is 11.2. The molecular weight excluding hydrogens is 252 g/mol. The van der Waals surface area contributed by atoms with Gasteiger partial charge in [0.25, 0.3) is 0 Å². The molecule has 14 heavy (non-hydrogen) atoms. The second kappa shape index (κ2) is 4.32. The summed E-state index contributed by atoms with van der Waals surface area (Å²) >= 11 is 3.03. The summed E-state index contributed by atoms with van der Waals surface area (Å²) in [6.45, 7) is 1.90. The third kappa shape index (κ3) is 2.17. The van der Waals surface area contributed by atoms with E-state index in [1.807, 2.05) is 0 Å². The molecule has 5 heteroatoms. The van der Waals surface area contributed by atoms with Crippen molar-refractivity contribution in [2.24, 2.45) is 0 Å². The van der Waals surface area contributed by atoms with Crippen LogP contribution in [0.25, 0.3) is 0 Å². The Morgan fingerprint density at radius 1 is 1.43 bits per heavy atom. The third-order valence-corrected chi connectivity index (χ3v) is 2.20. The van der Waals surface area contributed by atoms with E-state index in [-0.39, 0.29) is 23.7 Å². The van der Waals surface area contributed by atoms with Crippen LogP contribution >= 0.6 is 15.9 Å². The second-order valence-corrected chi connectivity index (χ2v) is 3.40. The van der Waals surface area contributed by atoms with Crippen molar-refractivity contribution in [3.63, 3.8) is 0 Å². The molecule has 1 rings (SSSR count). The molecule has 0 heterocycles. The van der Waals surface area contributed by atoms with Gasteiger partial charge >= 0.3 is 5.97 Å². The summed E-state index contributed by atoms with van der Waals surface area (Å²) in [6, 6.07) is 2.39. The van der Waals surface area contributed by atoms with Gasteiger partial charge in [0, 0.05) is 6.07 Å². The predicted octanol–water partition coefficient (Wildman–Crippen LogP) is 2.04. The van der Waals surface area contributed by atoms with Crippen molar-refractivity contribution >= 4 is 21.9 Å². The molecule has 1 aromatic carbocycles. The van der Waals surface area contributed by atoms with E-state index in [2.05, 4.69) is 15.9 Å². The standard InChI is InChI=1S/C9H9BrO4/c1-2-14-9(13)5-3-6(10)8(12)4-7(5)11/h3-4,11-12H,2H2,1H3. The maximum atomic E-state index is 11.2. The lowest BCUT2D eigenvalue weighted by Gasteiger charge is -2.05. The number of ether oxygens (including phenoxy) is 1. The Morgan fingerprint density at radius 2 is 2.07 bits per heavy atom. The molecule has 4 nitrogen and oxygen atoms in total. The van der Waals surface area contributed by atoms with Crippen LogP contribution in [0.3, 0.4) is 0 Å². The topological polar surface area (TPSA) is 66.8 Å². The zero-order valence-electron chi connectivity index (χ0n) is 7.45. The van der Waals surface area contributed by atoms with Crippen LogP contribution in [-0.4, -0.2) is 22.8 Å². The molecule has 1 aromatic rings. The molecule has 0 radical (unpaired) electrons. The minimum atomic E-state index is -0.620. The number of phenols is 2. The monoisotopic (exact) mass is 260 g/mol. The van der Waals surface area contributed by atoms with Gasteiger partial charge in [0.05, 0.1) is 11.1 Å². The highest BCUT2D eigenvalue weighted by atomic mass is 79.9. The van der Waals surface area contributed by atoms with Gasteiger partial charge in [-0.05, 0) is 28.9 Å². The van der Waals surface area contributed by atoms with Gasteiger partial charge in [-0.3, -0.25) is 0 Å². The number of benzene rings is 1. The molecule has 76 valence electrons. The molecule has 0 amide bonds. The van der Waals surface area contributed by atoms with Crippen LogP contribution in [0.2, 0.25) is 0 Å². The van der Waals surface area contributed by atoms with E-state index in [1.54, 1.807) is 6.92 Å². The maximum absolute atomic E-state index is 11.2. The molecule has 2 N–H and O–H groups in total. The molecule has 0 spiro atoms. The first-order chi connectivity index (χ1) is 6.56. The maximum Gasteiger partial charge on any atom is 0.341 e. The third-order valence-electron chi connectivity index (χ3n) is 1.56. The molecule has 0 bridgehead atoms. The summed E-state index contributed by atoms with van der Waals surface area (Å²) < 4.78 is 5.03. The molecule has 0 fully saturated rings. The van der Waals surface area contributed by atoms with Gasteiger partial charge in [0.15, 0.2) is 0 Å². The number of hydrogen-bond acceptors (Lipinski definition) is 4. The molecule has 0 atom stereocenters. The summed E-state index contributed by atoms with van der Waals surface area (Å²) in [7, 11) is 0. The van der Waals surface area contributed by atoms with Crippen LogP contribution in [0.5, 0.6) is 11.5 Å². The fourth-order valence-electron chi connectivity index (χ4n) is 0.923. The first kappa shape index (κ1) is 10.8. The van der Waals surface area contributed by atoms with Crippen LogP contribution in [-0.2, 0) is 4.74 Å². The highest BCUT2D eigenvalue weighted by Crippen LogP contribution is 2.31. The second-order valence-electron chi connectivity index (χ2n) is 2.54. The van der Waals surface area contributed by atoms with Gasteiger partial charge < -0.3 is 14.9 Å². The highest BCUT2D eigenvalue weighted by molar-refractivity contribution is 9.10. The normalized spacial score (nSPS) is 9.86. The van der Waals surface area contributed by atoms with Crippen LogP contribution in [0.1, 0.15) is 17.3 Å². The van der Waals surface area contributed by atoms with Gasteiger partial charge in [0.2, 0.25) is 0 Å². The molecule has 0 unspecified atom stereocenters. The molecule has 0 aliphatic heterocycles. The smallest absolute Gasteiger partial charge is 0.341 e. The van der Waals surface area contributed by atoms with E-state index in [1.165, 1.54) is 6.07 Å². The molecule has 0 saturated carbocycles. The Balaban J connectivity index is 3.09. The van der Waals surface area contributed by atoms with E-state index in [0.717, 1.165) is 6.07 Å². The number of hydrogen-bond donors (Lipinski definition) is 2. The van der Waals surface area contributed by atoms with E-state index >= 15 is 0 Å². The molecule has 0 aromatic heterocycles. The van der Waals surface area contributed by atoms with E-state index in [4.69, 9.17) is 4.74 Å². The number of carbonyl (C=O) groups excluding carboxylic acids is 1. The van der Waals surface area contributed by atoms with E-state index < -0.39 is 5.97 Å². The predicted molar refractivity (Wildman–Crippen MR) is 53.4 cm³/mol. The van der Waals surface area contributed by atoms with Crippen molar-refractivity contribution in [2.75, 3.05) is 6.61 Å². The zero-order valence-corrected chi connectivity index (χ0v) is 9.04. The van der Waals surface area contributed by atoms with Crippen molar-refractivity contribution in [3.05, 3.63) is 22.2 Å². The number of phenolic OH excluding ortho intramolecular Hbond substituents is 2. The lowest BCUT2D eigenvalue weighted by Crippen LogP contribution is -2.04. The van der Waals surface area contributed by atoms with Crippen molar-refractivity contribution in [1.29, 1.82) is 0 Å². The minimum absolute atomic E-state index is 0.0246. The average molecular weight is 261 g/mol. The fourth-order valence-corrected chi connectivity index (χ4v) is 1.27. The van der Waals surface area contributed by atoms with Crippen LogP contribution in [0.4, 0.5) is 0 Å². The first-order valence-corrected chi connectivity index (χ1v) is 4.74. The summed E-state index contributed by atoms with van der Waals surface area (Å²) in [6.07, 6.45) is 0. The molecular formula is C9H9BrO4. The Morgan fingerprint density at radius 3 is 2.64 bits per heavy atom. The summed E-state index contributed by atoms with van der Waals surface area (Å²) in [5.74, 6) is -1.05.